The van der Waals surface area contributed by atoms with E-state index in [4.69, 9.17) is 0 Å². The summed E-state index contributed by atoms with van der Waals surface area (Å²) in [7, 11) is 0. The van der Waals surface area contributed by atoms with Crippen molar-refractivity contribution < 1.29 is 9.59 Å². The first-order chi connectivity index (χ1) is 13.1. The molecule has 1 aliphatic heterocycles. The fourth-order valence-electron chi connectivity index (χ4n) is 4.55. The van der Waals surface area contributed by atoms with Crippen LogP contribution in [0.15, 0.2) is 36.7 Å². The van der Waals surface area contributed by atoms with Gasteiger partial charge in [-0.25, -0.2) is 9.97 Å². The number of anilines is 1. The number of ketones is 1. The Kier molecular flexibility index (Phi) is 4.72. The van der Waals surface area contributed by atoms with Crippen LogP contribution in [-0.2, 0) is 4.79 Å². The Morgan fingerprint density at radius 2 is 2.11 bits per heavy atom. The molecule has 6 heteroatoms. The van der Waals surface area contributed by atoms with Gasteiger partial charge < -0.3 is 0 Å². The third-order valence-corrected chi connectivity index (χ3v) is 5.91. The van der Waals surface area contributed by atoms with Crippen LogP contribution in [0.25, 0.3) is 0 Å². The quantitative estimate of drug-likeness (QED) is 0.778. The Labute approximate surface area is 159 Å². The second-order valence-electron chi connectivity index (χ2n) is 7.79. The summed E-state index contributed by atoms with van der Waals surface area (Å²) in [6.07, 6.45) is 8.27. The molecule has 2 atom stereocenters. The number of aromatic nitrogens is 3. The van der Waals surface area contributed by atoms with Gasteiger partial charge in [0.1, 0.15) is 5.69 Å². The SMILES string of the molecule is Cc1ccnc(N2CC[C@]3(CCC[C@H](CC(=O)c4ccccn4)C3)C2=O)n1. The molecule has 2 aromatic rings. The number of rotatable bonds is 4. The van der Waals surface area contributed by atoms with Crippen molar-refractivity contribution in [3.63, 3.8) is 0 Å². The molecule has 3 heterocycles. The second kappa shape index (κ2) is 7.18. The van der Waals surface area contributed by atoms with E-state index in [-0.39, 0.29) is 23.0 Å². The highest BCUT2D eigenvalue weighted by Crippen LogP contribution is 2.48. The zero-order chi connectivity index (χ0) is 18.9. The van der Waals surface area contributed by atoms with Crippen LogP contribution < -0.4 is 4.90 Å². The molecule has 2 aliphatic rings. The standard InChI is InChI=1S/C21H24N4O2/c1-15-7-11-23-20(24-15)25-12-9-21(19(25)27)8-4-5-16(14-21)13-18(26)17-6-2-3-10-22-17/h2-3,6-7,10-11,16H,4-5,8-9,12-14H2,1H3/t16-,21+/m1/s1. The number of pyridine rings is 1. The van der Waals surface area contributed by atoms with Gasteiger partial charge in [-0.1, -0.05) is 12.5 Å². The lowest BCUT2D eigenvalue weighted by Gasteiger charge is -2.36. The van der Waals surface area contributed by atoms with Gasteiger partial charge in [-0.3, -0.25) is 19.5 Å². The molecule has 0 bridgehead atoms. The number of Topliss-reactive ketones (excluding diaryl/α,β-unsaturated/α-hetero) is 1. The van der Waals surface area contributed by atoms with Gasteiger partial charge >= 0.3 is 0 Å². The highest BCUT2D eigenvalue weighted by Gasteiger charge is 2.50. The highest BCUT2D eigenvalue weighted by atomic mass is 16.2. The first-order valence-corrected chi connectivity index (χ1v) is 9.63. The third kappa shape index (κ3) is 3.48. The summed E-state index contributed by atoms with van der Waals surface area (Å²) in [6, 6.07) is 7.24. The average molecular weight is 364 g/mol. The lowest BCUT2D eigenvalue weighted by Crippen LogP contribution is -2.39. The minimum Gasteiger partial charge on any atom is -0.292 e. The maximum absolute atomic E-state index is 13.2. The maximum atomic E-state index is 13.2. The Morgan fingerprint density at radius 3 is 2.89 bits per heavy atom. The smallest absolute Gasteiger partial charge is 0.235 e. The highest BCUT2D eigenvalue weighted by molar-refractivity contribution is 5.99. The average Bonchev–Trinajstić information content (AvgIpc) is 2.98. The van der Waals surface area contributed by atoms with Crippen molar-refractivity contribution in [3.8, 4) is 0 Å². The molecule has 0 aromatic carbocycles. The molecule has 0 N–H and O–H groups in total. The first-order valence-electron chi connectivity index (χ1n) is 9.63. The van der Waals surface area contributed by atoms with Gasteiger partial charge in [0.25, 0.3) is 0 Å². The lowest BCUT2D eigenvalue weighted by atomic mass is 9.67. The van der Waals surface area contributed by atoms with E-state index in [0.717, 1.165) is 37.8 Å². The van der Waals surface area contributed by atoms with Crippen molar-refractivity contribution in [2.75, 3.05) is 11.4 Å². The fraction of sp³-hybridized carbons (Fsp3) is 0.476. The second-order valence-corrected chi connectivity index (χ2v) is 7.79. The van der Waals surface area contributed by atoms with E-state index in [1.54, 1.807) is 23.4 Å². The summed E-state index contributed by atoms with van der Waals surface area (Å²) in [5, 5.41) is 0. The molecule has 4 rings (SSSR count). The van der Waals surface area contributed by atoms with E-state index < -0.39 is 0 Å². The number of aryl methyl sites for hydroxylation is 1. The summed E-state index contributed by atoms with van der Waals surface area (Å²) in [4.78, 5) is 40.4. The molecule has 0 radical (unpaired) electrons. The van der Waals surface area contributed by atoms with E-state index in [0.29, 0.717) is 24.6 Å². The number of amides is 1. The summed E-state index contributed by atoms with van der Waals surface area (Å²) < 4.78 is 0. The van der Waals surface area contributed by atoms with Crippen molar-refractivity contribution >= 4 is 17.6 Å². The van der Waals surface area contributed by atoms with E-state index >= 15 is 0 Å². The maximum Gasteiger partial charge on any atom is 0.235 e. The molecule has 1 amide bonds. The molecule has 27 heavy (non-hydrogen) atoms. The zero-order valence-electron chi connectivity index (χ0n) is 15.6. The van der Waals surface area contributed by atoms with Crippen LogP contribution in [0.5, 0.6) is 0 Å². The van der Waals surface area contributed by atoms with Gasteiger partial charge in [0.05, 0.1) is 5.41 Å². The van der Waals surface area contributed by atoms with Crippen LogP contribution in [0.1, 0.15) is 54.7 Å². The van der Waals surface area contributed by atoms with Gasteiger partial charge in [0.2, 0.25) is 11.9 Å². The van der Waals surface area contributed by atoms with Crippen molar-refractivity contribution in [2.45, 2.75) is 45.4 Å². The van der Waals surface area contributed by atoms with E-state index in [9.17, 15) is 9.59 Å². The Bertz CT molecular complexity index is 854. The predicted octanol–water partition coefficient (Wildman–Crippen LogP) is 3.37. The van der Waals surface area contributed by atoms with Gasteiger partial charge in [0.15, 0.2) is 5.78 Å². The Hall–Kier alpha value is -2.63. The van der Waals surface area contributed by atoms with Crippen molar-refractivity contribution in [3.05, 3.63) is 48.0 Å². The van der Waals surface area contributed by atoms with Crippen LogP contribution in [-0.4, -0.2) is 33.2 Å². The molecule has 1 spiro atoms. The molecule has 1 saturated carbocycles. The third-order valence-electron chi connectivity index (χ3n) is 5.91. The number of nitrogens with zero attached hydrogens (tertiary/aromatic N) is 4. The Morgan fingerprint density at radius 1 is 1.22 bits per heavy atom. The molecular weight excluding hydrogens is 340 g/mol. The van der Waals surface area contributed by atoms with Gasteiger partial charge in [-0.15, -0.1) is 0 Å². The summed E-state index contributed by atoms with van der Waals surface area (Å²) in [6.45, 7) is 2.56. The minimum absolute atomic E-state index is 0.0713. The van der Waals surface area contributed by atoms with E-state index in [1.165, 1.54) is 0 Å². The molecule has 1 aliphatic carbocycles. The van der Waals surface area contributed by atoms with Crippen LogP contribution in [0, 0.1) is 18.3 Å². The molecule has 6 nitrogen and oxygen atoms in total. The number of hydrogen-bond donors (Lipinski definition) is 0. The predicted molar refractivity (Wildman–Crippen MR) is 101 cm³/mol. The monoisotopic (exact) mass is 364 g/mol. The van der Waals surface area contributed by atoms with Crippen LogP contribution in [0.4, 0.5) is 5.95 Å². The molecule has 2 aromatic heterocycles. The molecular formula is C21H24N4O2. The number of hydrogen-bond acceptors (Lipinski definition) is 5. The van der Waals surface area contributed by atoms with Crippen LogP contribution >= 0.6 is 0 Å². The van der Waals surface area contributed by atoms with E-state index in [1.807, 2.05) is 25.1 Å². The Balaban J connectivity index is 1.47. The number of carbonyl (C=O) groups is 2. The summed E-state index contributed by atoms with van der Waals surface area (Å²) in [5.41, 5.74) is 1.02. The summed E-state index contributed by atoms with van der Waals surface area (Å²) in [5.74, 6) is 0.934. The van der Waals surface area contributed by atoms with Crippen molar-refractivity contribution in [1.29, 1.82) is 0 Å². The normalized spacial score (nSPS) is 25.1. The summed E-state index contributed by atoms with van der Waals surface area (Å²) >= 11 is 0. The van der Waals surface area contributed by atoms with E-state index in [2.05, 4.69) is 15.0 Å². The van der Waals surface area contributed by atoms with Crippen LogP contribution in [0.2, 0.25) is 0 Å². The van der Waals surface area contributed by atoms with Crippen LogP contribution in [0.3, 0.4) is 0 Å². The topological polar surface area (TPSA) is 76.1 Å². The molecule has 140 valence electrons. The lowest BCUT2D eigenvalue weighted by molar-refractivity contribution is -0.128. The largest absolute Gasteiger partial charge is 0.292 e. The fourth-order valence-corrected chi connectivity index (χ4v) is 4.55. The van der Waals surface area contributed by atoms with Gasteiger partial charge in [0, 0.05) is 31.1 Å². The van der Waals surface area contributed by atoms with Crippen molar-refractivity contribution in [2.24, 2.45) is 11.3 Å². The zero-order valence-corrected chi connectivity index (χ0v) is 15.6. The molecule has 0 unspecified atom stereocenters. The first kappa shape index (κ1) is 17.8. The van der Waals surface area contributed by atoms with Gasteiger partial charge in [-0.05, 0) is 56.7 Å². The molecule has 2 fully saturated rings. The van der Waals surface area contributed by atoms with Gasteiger partial charge in [-0.2, -0.15) is 0 Å². The number of carbonyl (C=O) groups excluding carboxylic acids is 2. The molecule has 1 saturated heterocycles. The minimum atomic E-state index is -0.361. The van der Waals surface area contributed by atoms with Crippen molar-refractivity contribution in [1.82, 2.24) is 15.0 Å².